The Labute approximate surface area is 95.0 Å². The minimum atomic E-state index is -0.706. The van der Waals surface area contributed by atoms with Crippen LogP contribution in [-0.4, -0.2) is 22.5 Å². The van der Waals surface area contributed by atoms with Crippen LogP contribution in [0.15, 0.2) is 9.40 Å². The molecule has 0 saturated heterocycles. The maximum atomic E-state index is 11.4. The molecule has 1 heterocycles. The third kappa shape index (κ3) is 2.65. The molecule has 0 saturated carbocycles. The number of halogens is 1. The Morgan fingerprint density at radius 3 is 2.73 bits per heavy atom. The first-order valence-corrected chi connectivity index (χ1v) is 5.35. The molecule has 1 N–H and O–H groups in total. The van der Waals surface area contributed by atoms with Crippen LogP contribution < -0.4 is 5.56 Å². The van der Waals surface area contributed by atoms with E-state index in [1.807, 2.05) is 6.92 Å². The molecule has 5 nitrogen and oxygen atoms in total. The first-order valence-electron chi connectivity index (χ1n) is 4.56. The van der Waals surface area contributed by atoms with E-state index in [4.69, 9.17) is 4.74 Å². The number of carbonyl (C=O) groups is 1. The van der Waals surface area contributed by atoms with Crippen molar-refractivity contribution in [1.82, 2.24) is 9.97 Å². The Balaban J connectivity index is 3.16. The lowest BCUT2D eigenvalue weighted by Gasteiger charge is -2.03. The molecule has 0 fully saturated rings. The van der Waals surface area contributed by atoms with Crippen LogP contribution in [-0.2, 0) is 11.2 Å². The van der Waals surface area contributed by atoms with Gasteiger partial charge in [0.05, 0.1) is 12.3 Å². The van der Waals surface area contributed by atoms with Crippen LogP contribution in [0.4, 0.5) is 0 Å². The molecule has 1 aromatic rings. The first kappa shape index (κ1) is 11.9. The van der Waals surface area contributed by atoms with Gasteiger partial charge in [0.25, 0.3) is 5.56 Å². The number of carbonyl (C=O) groups excluding carboxylic acids is 1. The molecular formula is C9H11BrN2O3. The molecule has 0 amide bonds. The van der Waals surface area contributed by atoms with Crippen molar-refractivity contribution in [3.63, 3.8) is 0 Å². The normalized spacial score (nSPS) is 10.1. The number of nitrogens with one attached hydrogen (secondary N) is 1. The van der Waals surface area contributed by atoms with Crippen LogP contribution >= 0.6 is 15.9 Å². The number of aromatic amines is 1. The SMILES string of the molecule is CCOC(=O)c1nc(Br)c(CC)[nH]c1=O. The molecule has 0 radical (unpaired) electrons. The zero-order chi connectivity index (χ0) is 11.4. The first-order chi connectivity index (χ1) is 7.10. The highest BCUT2D eigenvalue weighted by atomic mass is 79.9. The molecular weight excluding hydrogens is 264 g/mol. The number of aryl methyl sites for hydroxylation is 1. The van der Waals surface area contributed by atoms with Crippen molar-refractivity contribution in [3.05, 3.63) is 26.3 Å². The van der Waals surface area contributed by atoms with E-state index < -0.39 is 11.5 Å². The number of esters is 1. The van der Waals surface area contributed by atoms with E-state index in [2.05, 4.69) is 25.9 Å². The third-order valence-corrected chi connectivity index (χ3v) is 2.42. The van der Waals surface area contributed by atoms with Crippen LogP contribution in [0, 0.1) is 0 Å². The van der Waals surface area contributed by atoms with Crippen molar-refractivity contribution < 1.29 is 9.53 Å². The maximum absolute atomic E-state index is 11.4. The number of rotatable bonds is 3. The lowest BCUT2D eigenvalue weighted by molar-refractivity contribution is 0.0517. The topological polar surface area (TPSA) is 72.0 Å². The van der Waals surface area contributed by atoms with Crippen LogP contribution in [0.2, 0.25) is 0 Å². The summed E-state index contributed by atoms with van der Waals surface area (Å²) in [6.45, 7) is 3.76. The highest BCUT2D eigenvalue weighted by Crippen LogP contribution is 2.10. The van der Waals surface area contributed by atoms with E-state index in [9.17, 15) is 9.59 Å². The number of hydrogen-bond donors (Lipinski definition) is 1. The van der Waals surface area contributed by atoms with E-state index >= 15 is 0 Å². The van der Waals surface area contributed by atoms with Gasteiger partial charge >= 0.3 is 5.97 Å². The van der Waals surface area contributed by atoms with Crippen molar-refractivity contribution in [1.29, 1.82) is 0 Å². The van der Waals surface area contributed by atoms with Gasteiger partial charge in [-0.25, -0.2) is 9.78 Å². The average molecular weight is 275 g/mol. The van der Waals surface area contributed by atoms with Gasteiger partial charge in [0, 0.05) is 0 Å². The molecule has 0 spiro atoms. The highest BCUT2D eigenvalue weighted by Gasteiger charge is 2.15. The zero-order valence-corrected chi connectivity index (χ0v) is 10.1. The lowest BCUT2D eigenvalue weighted by atomic mass is 10.3. The lowest BCUT2D eigenvalue weighted by Crippen LogP contribution is -2.23. The van der Waals surface area contributed by atoms with Gasteiger partial charge < -0.3 is 9.72 Å². The van der Waals surface area contributed by atoms with Gasteiger partial charge in [-0.1, -0.05) is 6.92 Å². The van der Waals surface area contributed by atoms with Crippen LogP contribution in [0.25, 0.3) is 0 Å². The van der Waals surface area contributed by atoms with Gasteiger partial charge in [-0.15, -0.1) is 0 Å². The van der Waals surface area contributed by atoms with Crippen molar-refractivity contribution >= 4 is 21.9 Å². The second-order valence-corrected chi connectivity index (χ2v) is 3.51. The molecule has 0 atom stereocenters. The van der Waals surface area contributed by atoms with Crippen LogP contribution in [0.5, 0.6) is 0 Å². The fraction of sp³-hybridized carbons (Fsp3) is 0.444. The minimum absolute atomic E-state index is 0.215. The number of aromatic nitrogens is 2. The smallest absolute Gasteiger partial charge is 0.362 e. The standard InChI is InChI=1S/C9H11BrN2O3/c1-3-5-7(10)12-6(8(13)11-5)9(14)15-4-2/h3-4H2,1-2H3,(H,11,13). The summed E-state index contributed by atoms with van der Waals surface area (Å²) in [4.78, 5) is 29.1. The van der Waals surface area contributed by atoms with Crippen molar-refractivity contribution in [3.8, 4) is 0 Å². The van der Waals surface area contributed by atoms with Crippen molar-refractivity contribution in [2.24, 2.45) is 0 Å². The van der Waals surface area contributed by atoms with Gasteiger partial charge in [0.15, 0.2) is 0 Å². The largest absolute Gasteiger partial charge is 0.461 e. The van der Waals surface area contributed by atoms with Gasteiger partial charge in [0.1, 0.15) is 4.60 Å². The molecule has 0 aliphatic heterocycles. The van der Waals surface area contributed by atoms with Crippen LogP contribution in [0.3, 0.4) is 0 Å². The number of H-pyrrole nitrogens is 1. The predicted octanol–water partition coefficient (Wildman–Crippen LogP) is 1.27. The molecule has 0 bridgehead atoms. The van der Waals surface area contributed by atoms with E-state index in [1.165, 1.54) is 0 Å². The molecule has 0 aliphatic carbocycles. The average Bonchev–Trinajstić information content (AvgIpc) is 2.21. The monoisotopic (exact) mass is 274 g/mol. The summed E-state index contributed by atoms with van der Waals surface area (Å²) in [5.74, 6) is -0.706. The summed E-state index contributed by atoms with van der Waals surface area (Å²) in [7, 11) is 0. The molecule has 1 aromatic heterocycles. The Morgan fingerprint density at radius 2 is 2.20 bits per heavy atom. The quantitative estimate of drug-likeness (QED) is 0.843. The fourth-order valence-electron chi connectivity index (χ4n) is 1.04. The number of ether oxygens (including phenoxy) is 1. The molecule has 15 heavy (non-hydrogen) atoms. The Morgan fingerprint density at radius 1 is 1.53 bits per heavy atom. The molecule has 0 aliphatic rings. The van der Waals surface area contributed by atoms with Gasteiger partial charge in [-0.05, 0) is 29.3 Å². The van der Waals surface area contributed by atoms with Gasteiger partial charge in [-0.2, -0.15) is 0 Å². The number of hydrogen-bond acceptors (Lipinski definition) is 4. The summed E-state index contributed by atoms with van der Waals surface area (Å²) in [6, 6.07) is 0. The molecule has 1 rings (SSSR count). The summed E-state index contributed by atoms with van der Waals surface area (Å²) in [5.41, 5.74) is -0.0810. The number of nitrogens with zero attached hydrogens (tertiary/aromatic N) is 1. The second kappa shape index (κ2) is 5.06. The van der Waals surface area contributed by atoms with E-state index in [-0.39, 0.29) is 12.3 Å². The summed E-state index contributed by atoms with van der Waals surface area (Å²) in [6.07, 6.45) is 0.631. The summed E-state index contributed by atoms with van der Waals surface area (Å²) < 4.78 is 5.16. The summed E-state index contributed by atoms with van der Waals surface area (Å²) in [5, 5.41) is 0. The van der Waals surface area contributed by atoms with Crippen molar-refractivity contribution in [2.45, 2.75) is 20.3 Å². The van der Waals surface area contributed by atoms with E-state index in [0.29, 0.717) is 16.7 Å². The Bertz CT molecular complexity index is 428. The molecule has 0 unspecified atom stereocenters. The van der Waals surface area contributed by atoms with Crippen molar-refractivity contribution in [2.75, 3.05) is 6.61 Å². The van der Waals surface area contributed by atoms with Crippen LogP contribution in [0.1, 0.15) is 30.0 Å². The van der Waals surface area contributed by atoms with Gasteiger partial charge in [0.2, 0.25) is 5.69 Å². The zero-order valence-electron chi connectivity index (χ0n) is 8.46. The second-order valence-electron chi connectivity index (χ2n) is 2.76. The highest BCUT2D eigenvalue weighted by molar-refractivity contribution is 9.10. The van der Waals surface area contributed by atoms with E-state index in [1.54, 1.807) is 6.92 Å². The molecule has 0 aromatic carbocycles. The Hall–Kier alpha value is -1.17. The third-order valence-electron chi connectivity index (χ3n) is 1.76. The van der Waals surface area contributed by atoms with Gasteiger partial charge in [-0.3, -0.25) is 4.79 Å². The van der Waals surface area contributed by atoms with E-state index in [0.717, 1.165) is 0 Å². The molecule has 6 heteroatoms. The summed E-state index contributed by atoms with van der Waals surface area (Å²) >= 11 is 3.17. The molecule has 82 valence electrons. The Kier molecular flexibility index (Phi) is 4.02. The maximum Gasteiger partial charge on any atom is 0.362 e. The minimum Gasteiger partial charge on any atom is -0.461 e. The predicted molar refractivity (Wildman–Crippen MR) is 57.9 cm³/mol. The fourth-order valence-corrected chi connectivity index (χ4v) is 1.59.